The molecule has 0 aliphatic carbocycles. The van der Waals surface area contributed by atoms with Crippen LogP contribution in [-0.2, 0) is 20.0 Å². The van der Waals surface area contributed by atoms with Crippen LogP contribution in [0, 0.1) is 6.92 Å². The Bertz CT molecular complexity index is 1300. The van der Waals surface area contributed by atoms with Crippen molar-refractivity contribution in [2.45, 2.75) is 16.7 Å². The van der Waals surface area contributed by atoms with E-state index in [9.17, 15) is 21.6 Å². The minimum Gasteiger partial charge on any atom is -0.322 e. The molecule has 1 amide bonds. The molecule has 0 saturated carbocycles. The van der Waals surface area contributed by atoms with Gasteiger partial charge in [-0.15, -0.1) is 0 Å². The molecule has 3 aromatic carbocycles. The van der Waals surface area contributed by atoms with Gasteiger partial charge in [0.1, 0.15) is 0 Å². The number of anilines is 2. The molecule has 0 radical (unpaired) electrons. The highest BCUT2D eigenvalue weighted by molar-refractivity contribution is 7.92. The lowest BCUT2D eigenvalue weighted by molar-refractivity contribution is 0.102. The van der Waals surface area contributed by atoms with Gasteiger partial charge in [0, 0.05) is 16.9 Å². The second-order valence-corrected chi connectivity index (χ2v) is 10.2. The zero-order valence-electron chi connectivity index (χ0n) is 16.8. The van der Waals surface area contributed by atoms with Crippen LogP contribution in [0.2, 0.25) is 0 Å². The highest BCUT2D eigenvalue weighted by Gasteiger charge is 2.17. The summed E-state index contributed by atoms with van der Waals surface area (Å²) in [6, 6.07) is 18.4. The topological polar surface area (TPSA) is 121 Å². The van der Waals surface area contributed by atoms with Crippen LogP contribution in [0.3, 0.4) is 0 Å². The van der Waals surface area contributed by atoms with E-state index in [1.54, 1.807) is 37.3 Å². The summed E-state index contributed by atoms with van der Waals surface area (Å²) in [7, 11) is -6.08. The van der Waals surface area contributed by atoms with Gasteiger partial charge in [-0.1, -0.05) is 24.3 Å². The number of carbonyl (C=O) groups excluding carboxylic acids is 1. The maximum atomic E-state index is 12.5. The maximum Gasteiger partial charge on any atom is 0.261 e. The Labute approximate surface area is 181 Å². The van der Waals surface area contributed by atoms with Gasteiger partial charge in [-0.25, -0.2) is 21.6 Å². The number of carbonyl (C=O) groups is 1. The Kier molecular flexibility index (Phi) is 6.44. The highest BCUT2D eigenvalue weighted by Crippen LogP contribution is 2.21. The summed E-state index contributed by atoms with van der Waals surface area (Å²) in [5.41, 5.74) is 1.44. The van der Waals surface area contributed by atoms with Crippen molar-refractivity contribution in [1.29, 1.82) is 0 Å². The first-order valence-electron chi connectivity index (χ1n) is 9.16. The molecule has 0 aromatic heterocycles. The molecule has 0 spiro atoms. The molecule has 0 fully saturated rings. The van der Waals surface area contributed by atoms with Gasteiger partial charge in [-0.05, 0) is 68.1 Å². The van der Waals surface area contributed by atoms with Crippen molar-refractivity contribution in [2.24, 2.45) is 0 Å². The third kappa shape index (κ3) is 5.29. The van der Waals surface area contributed by atoms with Crippen molar-refractivity contribution in [3.05, 3.63) is 83.9 Å². The van der Waals surface area contributed by atoms with E-state index in [-0.39, 0.29) is 15.4 Å². The molecular weight excluding hydrogens is 438 g/mol. The lowest BCUT2D eigenvalue weighted by atomic mass is 10.2. The van der Waals surface area contributed by atoms with Crippen LogP contribution in [0.5, 0.6) is 0 Å². The first-order chi connectivity index (χ1) is 14.6. The SMILES string of the molecule is CNS(=O)(=O)c1cc(NC(=O)c2ccc(NS(=O)(=O)c3ccccc3)cc2)ccc1C. The van der Waals surface area contributed by atoms with E-state index >= 15 is 0 Å². The van der Waals surface area contributed by atoms with E-state index < -0.39 is 26.0 Å². The van der Waals surface area contributed by atoms with E-state index in [0.717, 1.165) is 0 Å². The number of rotatable bonds is 7. The van der Waals surface area contributed by atoms with Gasteiger partial charge < -0.3 is 5.32 Å². The van der Waals surface area contributed by atoms with Crippen LogP contribution >= 0.6 is 0 Å². The molecule has 3 rings (SSSR count). The average molecular weight is 460 g/mol. The molecule has 0 unspecified atom stereocenters. The normalized spacial score (nSPS) is 11.7. The van der Waals surface area contributed by atoms with Crippen LogP contribution in [0.25, 0.3) is 0 Å². The summed E-state index contributed by atoms with van der Waals surface area (Å²) < 4.78 is 53.7. The fraction of sp³-hybridized carbons (Fsp3) is 0.0952. The first kappa shape index (κ1) is 22.5. The Balaban J connectivity index is 1.75. The summed E-state index contributed by atoms with van der Waals surface area (Å²) >= 11 is 0. The molecule has 162 valence electrons. The molecule has 0 heterocycles. The molecule has 8 nitrogen and oxygen atoms in total. The van der Waals surface area contributed by atoms with Crippen LogP contribution in [0.1, 0.15) is 15.9 Å². The predicted molar refractivity (Wildman–Crippen MR) is 119 cm³/mol. The zero-order valence-corrected chi connectivity index (χ0v) is 18.4. The number of sulfonamides is 2. The third-order valence-corrected chi connectivity index (χ3v) is 7.41. The predicted octanol–water partition coefficient (Wildman–Crippen LogP) is 2.96. The standard InChI is InChI=1S/C21H21N3O5S2/c1-15-8-11-18(14-20(15)31(28,29)22-2)23-21(25)16-9-12-17(13-10-16)24-30(26,27)19-6-4-3-5-7-19/h3-14,22,24H,1-2H3,(H,23,25). The monoisotopic (exact) mass is 459 g/mol. The summed E-state index contributed by atoms with van der Waals surface area (Å²) in [6.07, 6.45) is 0. The smallest absolute Gasteiger partial charge is 0.261 e. The van der Waals surface area contributed by atoms with Crippen LogP contribution < -0.4 is 14.8 Å². The van der Waals surface area contributed by atoms with Crippen molar-refractivity contribution in [3.8, 4) is 0 Å². The van der Waals surface area contributed by atoms with Crippen LogP contribution in [0.15, 0.2) is 82.6 Å². The lowest BCUT2D eigenvalue weighted by Gasteiger charge is -2.11. The van der Waals surface area contributed by atoms with Crippen molar-refractivity contribution in [2.75, 3.05) is 17.1 Å². The Hall–Kier alpha value is -3.21. The number of amides is 1. The van der Waals surface area contributed by atoms with E-state index in [4.69, 9.17) is 0 Å². The number of aryl methyl sites for hydroxylation is 1. The Morgan fingerprint density at radius 2 is 1.39 bits per heavy atom. The van der Waals surface area contributed by atoms with E-state index in [2.05, 4.69) is 14.8 Å². The van der Waals surface area contributed by atoms with Gasteiger partial charge in [0.2, 0.25) is 10.0 Å². The lowest BCUT2D eigenvalue weighted by Crippen LogP contribution is -2.20. The largest absolute Gasteiger partial charge is 0.322 e. The summed E-state index contributed by atoms with van der Waals surface area (Å²) in [6.45, 7) is 1.66. The molecule has 3 N–H and O–H groups in total. The van der Waals surface area contributed by atoms with Crippen molar-refractivity contribution < 1.29 is 21.6 Å². The maximum absolute atomic E-state index is 12.5. The number of benzene rings is 3. The fourth-order valence-electron chi connectivity index (χ4n) is 2.78. The van der Waals surface area contributed by atoms with E-state index in [1.165, 1.54) is 49.5 Å². The van der Waals surface area contributed by atoms with Gasteiger partial charge in [0.05, 0.1) is 9.79 Å². The van der Waals surface area contributed by atoms with E-state index in [1.807, 2.05) is 0 Å². The molecule has 0 bridgehead atoms. The van der Waals surface area contributed by atoms with Gasteiger partial charge in [0.25, 0.3) is 15.9 Å². The summed E-state index contributed by atoms with van der Waals surface area (Å²) in [5.74, 6) is -0.464. The average Bonchev–Trinajstić information content (AvgIpc) is 2.76. The van der Waals surface area contributed by atoms with Gasteiger partial charge in [0.15, 0.2) is 0 Å². The molecule has 0 saturated heterocycles. The minimum absolute atomic E-state index is 0.0680. The Morgan fingerprint density at radius 1 is 0.774 bits per heavy atom. The molecule has 10 heteroatoms. The highest BCUT2D eigenvalue weighted by atomic mass is 32.2. The quantitative estimate of drug-likeness (QED) is 0.502. The zero-order chi connectivity index (χ0) is 22.6. The fourth-order valence-corrected chi connectivity index (χ4v) is 4.86. The minimum atomic E-state index is -3.73. The molecule has 0 aliphatic heterocycles. The second-order valence-electron chi connectivity index (χ2n) is 6.64. The van der Waals surface area contributed by atoms with Crippen LogP contribution in [0.4, 0.5) is 11.4 Å². The third-order valence-electron chi connectivity index (χ3n) is 4.46. The first-order valence-corrected chi connectivity index (χ1v) is 12.1. The van der Waals surface area contributed by atoms with Crippen LogP contribution in [-0.4, -0.2) is 29.8 Å². The van der Waals surface area contributed by atoms with Crippen molar-refractivity contribution in [1.82, 2.24) is 4.72 Å². The molecule has 3 aromatic rings. The molecule has 31 heavy (non-hydrogen) atoms. The van der Waals surface area contributed by atoms with Crippen molar-refractivity contribution in [3.63, 3.8) is 0 Å². The van der Waals surface area contributed by atoms with Crippen molar-refractivity contribution >= 4 is 37.3 Å². The molecular formula is C21H21N3O5S2. The number of hydrogen-bond acceptors (Lipinski definition) is 5. The number of hydrogen-bond donors (Lipinski definition) is 3. The molecule has 0 atom stereocenters. The van der Waals surface area contributed by atoms with E-state index in [0.29, 0.717) is 16.9 Å². The number of nitrogens with one attached hydrogen (secondary N) is 3. The summed E-state index contributed by atoms with van der Waals surface area (Å²) in [5, 5.41) is 2.65. The van der Waals surface area contributed by atoms with Gasteiger partial charge in [-0.3, -0.25) is 9.52 Å². The second kappa shape index (κ2) is 8.88. The Morgan fingerprint density at radius 3 is 2.00 bits per heavy atom. The van der Waals surface area contributed by atoms with Gasteiger partial charge in [-0.2, -0.15) is 0 Å². The summed E-state index contributed by atoms with van der Waals surface area (Å²) in [4.78, 5) is 12.7. The van der Waals surface area contributed by atoms with Gasteiger partial charge >= 0.3 is 0 Å². The molecule has 0 aliphatic rings.